The second kappa shape index (κ2) is 6.01. The molecule has 5 nitrogen and oxygen atoms in total. The fourth-order valence-electron chi connectivity index (χ4n) is 1.74. The molecule has 1 heterocycles. The Balaban J connectivity index is 2.19. The Kier molecular flexibility index (Phi) is 4.54. The van der Waals surface area contributed by atoms with Gasteiger partial charge in [-0.2, -0.15) is 4.31 Å². The molecule has 0 aliphatic heterocycles. The number of benzene rings is 1. The molecule has 0 saturated heterocycles. The number of nitrogens with zero attached hydrogens (tertiary/aromatic N) is 2. The summed E-state index contributed by atoms with van der Waals surface area (Å²) in [6.45, 7) is 2.03. The lowest BCUT2D eigenvalue weighted by molar-refractivity contribution is 0.281. The molecule has 0 aliphatic carbocycles. The van der Waals surface area contributed by atoms with Crippen molar-refractivity contribution in [1.29, 1.82) is 0 Å². The van der Waals surface area contributed by atoms with Crippen LogP contribution in [0.1, 0.15) is 16.3 Å². The fraction of sp³-hybridized carbons (Fsp3) is 0.308. The Hall–Kier alpha value is -1.28. The van der Waals surface area contributed by atoms with Gasteiger partial charge in [0.1, 0.15) is 0 Å². The highest BCUT2D eigenvalue weighted by Gasteiger charge is 2.21. The van der Waals surface area contributed by atoms with Crippen LogP contribution in [0.25, 0.3) is 0 Å². The zero-order valence-corrected chi connectivity index (χ0v) is 12.9. The third-order valence-corrected chi connectivity index (χ3v) is 5.51. The Morgan fingerprint density at radius 3 is 2.45 bits per heavy atom. The molecule has 0 bridgehead atoms. The van der Waals surface area contributed by atoms with Crippen LogP contribution >= 0.6 is 11.3 Å². The van der Waals surface area contributed by atoms with Gasteiger partial charge in [-0.1, -0.05) is 12.1 Å². The Bertz CT molecular complexity index is 678. The lowest BCUT2D eigenvalue weighted by Gasteiger charge is -2.16. The second-order valence-corrected chi connectivity index (χ2v) is 7.53. The Morgan fingerprint density at radius 2 is 1.95 bits per heavy atom. The van der Waals surface area contributed by atoms with Crippen LogP contribution in [-0.2, 0) is 23.2 Å². The van der Waals surface area contributed by atoms with Gasteiger partial charge >= 0.3 is 0 Å². The molecule has 1 aromatic carbocycles. The number of aliphatic hydroxyl groups excluding tert-OH is 1. The molecular weight excluding hydrogens is 296 g/mol. The molecule has 1 aromatic heterocycles. The number of aryl methyl sites for hydroxylation is 1. The number of aliphatic hydroxyl groups is 1. The van der Waals surface area contributed by atoms with E-state index in [0.717, 1.165) is 10.7 Å². The lowest BCUT2D eigenvalue weighted by Crippen LogP contribution is -2.26. The summed E-state index contributed by atoms with van der Waals surface area (Å²) in [6, 6.07) is 6.22. The molecule has 2 aromatic rings. The quantitative estimate of drug-likeness (QED) is 0.913. The van der Waals surface area contributed by atoms with Crippen LogP contribution in [0.3, 0.4) is 0 Å². The van der Waals surface area contributed by atoms with Gasteiger partial charge in [0.2, 0.25) is 10.0 Å². The van der Waals surface area contributed by atoms with Crippen LogP contribution < -0.4 is 0 Å². The molecule has 0 spiro atoms. The van der Waals surface area contributed by atoms with Gasteiger partial charge in [-0.15, -0.1) is 11.3 Å². The molecule has 0 aliphatic rings. The zero-order chi connectivity index (χ0) is 14.8. The van der Waals surface area contributed by atoms with Crippen molar-refractivity contribution in [2.45, 2.75) is 25.0 Å². The first kappa shape index (κ1) is 15.1. The third kappa shape index (κ3) is 3.24. The number of rotatable bonds is 5. The molecule has 108 valence electrons. The van der Waals surface area contributed by atoms with Crippen molar-refractivity contribution >= 4 is 21.4 Å². The Labute approximate surface area is 122 Å². The summed E-state index contributed by atoms with van der Waals surface area (Å²) >= 11 is 1.50. The van der Waals surface area contributed by atoms with Gasteiger partial charge in [0.05, 0.1) is 28.7 Å². The molecule has 1 N–H and O–H groups in total. The van der Waals surface area contributed by atoms with E-state index >= 15 is 0 Å². The van der Waals surface area contributed by atoms with E-state index in [9.17, 15) is 8.42 Å². The minimum Gasteiger partial charge on any atom is -0.392 e. The van der Waals surface area contributed by atoms with Crippen LogP contribution in [0.15, 0.2) is 34.5 Å². The molecule has 0 saturated carbocycles. The average molecular weight is 312 g/mol. The van der Waals surface area contributed by atoms with Crippen molar-refractivity contribution in [1.82, 2.24) is 9.29 Å². The number of aromatic nitrogens is 1. The molecule has 0 radical (unpaired) electrons. The summed E-state index contributed by atoms with van der Waals surface area (Å²) in [6.07, 6.45) is 0. The van der Waals surface area contributed by atoms with Crippen LogP contribution in [0.4, 0.5) is 0 Å². The van der Waals surface area contributed by atoms with E-state index < -0.39 is 10.0 Å². The van der Waals surface area contributed by atoms with Gasteiger partial charge in [-0.25, -0.2) is 13.4 Å². The third-order valence-electron chi connectivity index (χ3n) is 2.87. The van der Waals surface area contributed by atoms with Crippen LogP contribution in [0.5, 0.6) is 0 Å². The van der Waals surface area contributed by atoms with Crippen LogP contribution in [0.2, 0.25) is 0 Å². The van der Waals surface area contributed by atoms with E-state index in [1.165, 1.54) is 34.8 Å². The predicted molar refractivity (Wildman–Crippen MR) is 77.9 cm³/mol. The van der Waals surface area contributed by atoms with Crippen LogP contribution in [0, 0.1) is 6.92 Å². The van der Waals surface area contributed by atoms with E-state index in [0.29, 0.717) is 5.56 Å². The van der Waals surface area contributed by atoms with E-state index in [1.807, 2.05) is 12.3 Å². The summed E-state index contributed by atoms with van der Waals surface area (Å²) in [5.41, 5.74) is 1.42. The predicted octanol–water partition coefficient (Wildman–Crippen LogP) is 1.76. The van der Waals surface area contributed by atoms with Crippen LogP contribution in [-0.4, -0.2) is 29.9 Å². The maximum absolute atomic E-state index is 12.4. The van der Waals surface area contributed by atoms with Gasteiger partial charge in [0.15, 0.2) is 0 Å². The lowest BCUT2D eigenvalue weighted by atomic mass is 10.2. The highest BCUT2D eigenvalue weighted by atomic mass is 32.2. The van der Waals surface area contributed by atoms with Crippen molar-refractivity contribution in [2.75, 3.05) is 7.05 Å². The van der Waals surface area contributed by atoms with Gasteiger partial charge in [-0.3, -0.25) is 0 Å². The average Bonchev–Trinajstić information content (AvgIpc) is 2.84. The Morgan fingerprint density at radius 1 is 1.30 bits per heavy atom. The highest BCUT2D eigenvalue weighted by molar-refractivity contribution is 7.89. The number of hydrogen-bond acceptors (Lipinski definition) is 5. The molecule has 0 amide bonds. The minimum atomic E-state index is -3.54. The summed E-state index contributed by atoms with van der Waals surface area (Å²) in [5, 5.41) is 11.7. The van der Waals surface area contributed by atoms with Crippen molar-refractivity contribution in [3.05, 3.63) is 45.9 Å². The topological polar surface area (TPSA) is 70.5 Å². The molecule has 7 heteroatoms. The first-order valence-electron chi connectivity index (χ1n) is 6.00. The van der Waals surface area contributed by atoms with Crippen molar-refractivity contribution in [3.63, 3.8) is 0 Å². The maximum Gasteiger partial charge on any atom is 0.243 e. The van der Waals surface area contributed by atoms with E-state index in [4.69, 9.17) is 5.11 Å². The molecular formula is C13H16N2O3S2. The summed E-state index contributed by atoms with van der Waals surface area (Å²) in [7, 11) is -2.00. The summed E-state index contributed by atoms with van der Waals surface area (Å²) in [5.74, 6) is 0. The SMILES string of the molecule is Cc1nc(CN(C)S(=O)(=O)c2ccc(CO)cc2)cs1. The van der Waals surface area contributed by atoms with E-state index in [2.05, 4.69) is 4.98 Å². The van der Waals surface area contributed by atoms with Crippen molar-refractivity contribution < 1.29 is 13.5 Å². The molecule has 0 unspecified atom stereocenters. The normalized spacial score (nSPS) is 12.0. The second-order valence-electron chi connectivity index (χ2n) is 4.42. The molecule has 2 rings (SSSR count). The van der Waals surface area contributed by atoms with Gasteiger partial charge < -0.3 is 5.11 Å². The standard InChI is InChI=1S/C13H16N2O3S2/c1-10-14-12(9-19-10)7-15(2)20(17,18)13-5-3-11(8-16)4-6-13/h3-6,9,16H,7-8H2,1-2H3. The smallest absolute Gasteiger partial charge is 0.243 e. The number of sulfonamides is 1. The maximum atomic E-state index is 12.4. The number of hydrogen-bond donors (Lipinski definition) is 1. The van der Waals surface area contributed by atoms with Crippen molar-refractivity contribution in [2.24, 2.45) is 0 Å². The van der Waals surface area contributed by atoms with E-state index in [1.54, 1.807) is 12.1 Å². The number of thiazole rings is 1. The zero-order valence-electron chi connectivity index (χ0n) is 11.3. The molecule has 0 atom stereocenters. The monoisotopic (exact) mass is 312 g/mol. The van der Waals surface area contributed by atoms with E-state index in [-0.39, 0.29) is 18.0 Å². The molecule has 0 fully saturated rings. The minimum absolute atomic E-state index is 0.103. The van der Waals surface area contributed by atoms with Gasteiger partial charge in [0, 0.05) is 12.4 Å². The first-order valence-corrected chi connectivity index (χ1v) is 8.32. The molecule has 20 heavy (non-hydrogen) atoms. The summed E-state index contributed by atoms with van der Waals surface area (Å²) in [4.78, 5) is 4.48. The largest absolute Gasteiger partial charge is 0.392 e. The fourth-order valence-corrected chi connectivity index (χ4v) is 3.49. The van der Waals surface area contributed by atoms with Gasteiger partial charge in [0.25, 0.3) is 0 Å². The van der Waals surface area contributed by atoms with Crippen molar-refractivity contribution in [3.8, 4) is 0 Å². The highest BCUT2D eigenvalue weighted by Crippen LogP contribution is 2.18. The summed E-state index contributed by atoms with van der Waals surface area (Å²) < 4.78 is 26.0. The first-order chi connectivity index (χ1) is 9.43. The van der Waals surface area contributed by atoms with Gasteiger partial charge in [-0.05, 0) is 24.6 Å².